The molecule has 0 aliphatic carbocycles. The van der Waals surface area contributed by atoms with Gasteiger partial charge in [0, 0.05) is 112 Å². The van der Waals surface area contributed by atoms with Crippen LogP contribution in [0.15, 0.2) is 35.5 Å². The van der Waals surface area contributed by atoms with Crippen molar-refractivity contribution >= 4 is 21.4 Å². The van der Waals surface area contributed by atoms with Gasteiger partial charge in [0.05, 0.1) is 0 Å². The minimum absolute atomic E-state index is 0. The minimum atomic E-state index is 0. The Hall–Kier alpha value is 2.65. The number of allylic oxidation sites excluding steroid dienone is 6. The predicted molar refractivity (Wildman–Crippen MR) is 144 cm³/mol. The van der Waals surface area contributed by atoms with Crippen molar-refractivity contribution < 1.29 is 157 Å². The molecule has 9 heteroatoms. The summed E-state index contributed by atoms with van der Waals surface area (Å²) >= 11 is 2.55. The molecule has 0 heterocycles. The van der Waals surface area contributed by atoms with Gasteiger partial charge >= 0.3 is 118 Å². The number of rotatable bonds is 6. The summed E-state index contributed by atoms with van der Waals surface area (Å²) in [4.78, 5) is 19.5. The van der Waals surface area contributed by atoms with Crippen LogP contribution in [0, 0.1) is 32.4 Å². The number of aliphatic hydroxyl groups is 2. The Morgan fingerprint density at radius 2 is 1.08 bits per heavy atom. The minimum Gasteiger partial charge on any atom is -0.367 e. The standard InChI is InChI=1S/2C6H4O.C5H10.4C2H6.2CH4O.2W.3Y/c2*1-3-4-6(2)5-7;1-5(2,3)4;6*1-2;;;;;/h2*1-4H;1-2H2,3-4H3;4*1-2H3;2*2H,1H3;;;;;/q3*-2;;;;;;;;;;;. The van der Waals surface area contributed by atoms with Gasteiger partial charge in [-0.2, -0.15) is 0 Å². The predicted octanol–water partition coefficient (Wildman–Crippen LogP) is 5.72. The van der Waals surface area contributed by atoms with Crippen LogP contribution in [0.25, 0.3) is 0 Å². The molecule has 2 N–H and O–H groups in total. The molecule has 0 amide bonds. The Morgan fingerprint density at radius 1 is 0.806 bits per heavy atom. The monoisotopic (exact) mass is 1070 g/mol. The first kappa shape index (κ1) is 77.1. The Bertz CT molecular complexity index is 419. The van der Waals surface area contributed by atoms with Crippen LogP contribution in [-0.2, 0) is 146 Å². The zero-order chi connectivity index (χ0) is 29.3. The van der Waals surface area contributed by atoms with Gasteiger partial charge in [0.15, 0.2) is 0 Å². The smallest absolute Gasteiger partial charge is 0 e. The number of hydrogen-bond acceptors (Lipinski definition) is 4. The van der Waals surface area contributed by atoms with E-state index in [2.05, 4.69) is 13.8 Å². The third-order valence-electron chi connectivity index (χ3n) is 0.993. The molecule has 0 unspecified atom stereocenters. The van der Waals surface area contributed by atoms with E-state index in [1.54, 1.807) is 23.0 Å². The second-order valence-electron chi connectivity index (χ2n) is 4.25. The Kier molecular flexibility index (Phi) is 211. The maximum absolute atomic E-state index is 9.84. The van der Waals surface area contributed by atoms with Crippen LogP contribution in [0.2, 0.25) is 0 Å². The van der Waals surface area contributed by atoms with Crippen LogP contribution in [-0.4, -0.2) is 45.8 Å². The van der Waals surface area contributed by atoms with E-state index in [-0.39, 0.29) is 109 Å². The summed E-state index contributed by atoms with van der Waals surface area (Å²) in [7, 11) is 2.00. The van der Waals surface area contributed by atoms with Crippen LogP contribution in [0.3, 0.4) is 0 Å². The van der Waals surface area contributed by atoms with Gasteiger partial charge in [0.25, 0.3) is 0 Å². The van der Waals surface area contributed by atoms with Crippen molar-refractivity contribution in [1.82, 2.24) is 0 Å². The normalized spacial score (nSPS) is 6.94. The van der Waals surface area contributed by atoms with Gasteiger partial charge in [-0.1, -0.05) is 55.4 Å². The maximum Gasteiger partial charge on any atom is 0 e. The number of carbonyl (C=O) groups excluding carboxylic acids is 2. The van der Waals surface area contributed by atoms with E-state index in [1.165, 1.54) is 56.9 Å². The van der Waals surface area contributed by atoms with Crippen LogP contribution in [0.5, 0.6) is 0 Å². The zero-order valence-corrected chi connectivity index (χ0v) is 39.2. The van der Waals surface area contributed by atoms with E-state index in [9.17, 15) is 9.59 Å². The third kappa shape index (κ3) is 190. The second-order valence-corrected chi connectivity index (χ2v) is 6.08. The average molecular weight is 1070 g/mol. The van der Waals surface area contributed by atoms with Crippen LogP contribution >= 0.6 is 0 Å². The molecular formula is C27H50O4W2Y3-6. The van der Waals surface area contributed by atoms with Crippen molar-refractivity contribution in [3.05, 3.63) is 62.5 Å². The molecule has 0 saturated heterocycles. The topological polar surface area (TPSA) is 74.6 Å². The molecule has 209 valence electrons. The van der Waals surface area contributed by atoms with Crippen molar-refractivity contribution in [2.45, 2.75) is 69.2 Å². The summed E-state index contributed by atoms with van der Waals surface area (Å²) in [5.74, 6) is 0. The fourth-order valence-electron chi connectivity index (χ4n) is 0.378. The van der Waals surface area contributed by atoms with Gasteiger partial charge in [-0.15, -0.1) is 13.8 Å². The molecule has 0 spiro atoms. The van der Waals surface area contributed by atoms with Crippen LogP contribution < -0.4 is 0 Å². The Labute approximate surface area is 324 Å². The van der Waals surface area contributed by atoms with Crippen molar-refractivity contribution in [3.8, 4) is 0 Å². The van der Waals surface area contributed by atoms with Gasteiger partial charge in [0.1, 0.15) is 0 Å². The summed E-state index contributed by atoms with van der Waals surface area (Å²) < 4.78 is 3.58. The molecule has 4 nitrogen and oxygen atoms in total. The van der Waals surface area contributed by atoms with Crippen LogP contribution in [0.1, 0.15) is 69.2 Å². The van der Waals surface area contributed by atoms with Crippen LogP contribution in [0.4, 0.5) is 0 Å². The second kappa shape index (κ2) is 98.6. The van der Waals surface area contributed by atoms with Crippen molar-refractivity contribution in [3.63, 3.8) is 0 Å². The first-order chi connectivity index (χ1) is 15.7. The molecule has 0 aromatic heterocycles. The van der Waals surface area contributed by atoms with E-state index < -0.39 is 0 Å². The van der Waals surface area contributed by atoms with Gasteiger partial charge in [-0.3, -0.25) is 5.41 Å². The average Bonchev–Trinajstić information content (AvgIpc) is 2.87. The quantitative estimate of drug-likeness (QED) is 0.203. The first-order valence-electron chi connectivity index (χ1n) is 10.5. The molecule has 0 rings (SSSR count). The van der Waals surface area contributed by atoms with E-state index in [1.807, 2.05) is 73.6 Å². The summed E-state index contributed by atoms with van der Waals surface area (Å²) in [6, 6.07) is 0. The van der Waals surface area contributed by atoms with Gasteiger partial charge in [-0.05, 0) is 0 Å². The molecular weight excluding hydrogens is 1020 g/mol. The molecule has 0 fully saturated rings. The van der Waals surface area contributed by atoms with E-state index in [0.29, 0.717) is 5.57 Å². The summed E-state index contributed by atoms with van der Waals surface area (Å²) in [6.45, 7) is 37.3. The summed E-state index contributed by atoms with van der Waals surface area (Å²) in [6.07, 6.45) is 9.33. The van der Waals surface area contributed by atoms with Gasteiger partial charge < -0.3 is 24.1 Å². The maximum atomic E-state index is 9.84. The molecule has 0 saturated carbocycles. The first-order valence-corrected chi connectivity index (χ1v) is 13.9. The van der Waals surface area contributed by atoms with Crippen molar-refractivity contribution in [2.24, 2.45) is 5.41 Å². The Balaban J connectivity index is -0.0000000193. The zero-order valence-electron chi connectivity index (χ0n) is 24.8. The van der Waals surface area contributed by atoms with E-state index in [4.69, 9.17) is 23.4 Å². The molecule has 0 bridgehead atoms. The van der Waals surface area contributed by atoms with Gasteiger partial charge in [-0.25, -0.2) is 0 Å². The molecule has 0 aliphatic rings. The SMILES string of the molecule is CC.CC.CC.CC.CO.CO.[CH-]=C([C-]=O)C=C[CH]=[W].[CH-]=CC=C([C-]=O)[CH]=[W].[CH2-]C([CH2-])(C)C.[Y].[Y].[Y]. The molecule has 3 radical (unpaired) electrons. The fraction of sp³-hybridized carbons (Fsp3) is 0.481. The number of hydrogen-bond donors (Lipinski definition) is 2. The fourth-order valence-corrected chi connectivity index (χ4v) is 1.12. The molecule has 0 atom stereocenters. The summed E-state index contributed by atoms with van der Waals surface area (Å²) in [5, 5.41) is 14.0. The van der Waals surface area contributed by atoms with E-state index in [0.717, 1.165) is 14.2 Å². The number of aliphatic hydroxyl groups excluding tert-OH is 2. The van der Waals surface area contributed by atoms with E-state index >= 15 is 0 Å². The third-order valence-corrected chi connectivity index (χ3v) is 2.47. The Morgan fingerprint density at radius 3 is 1.19 bits per heavy atom. The van der Waals surface area contributed by atoms with Gasteiger partial charge in [0.2, 0.25) is 0 Å². The molecule has 0 aromatic rings. The largest absolute Gasteiger partial charge is 0.367 e. The summed E-state index contributed by atoms with van der Waals surface area (Å²) in [5.41, 5.74) is 0.657. The van der Waals surface area contributed by atoms with Crippen molar-refractivity contribution in [2.75, 3.05) is 14.2 Å². The van der Waals surface area contributed by atoms with Crippen molar-refractivity contribution in [1.29, 1.82) is 0 Å². The molecule has 0 aromatic carbocycles. The molecule has 36 heavy (non-hydrogen) atoms. The molecule has 0 aliphatic heterocycles.